The minimum absolute atomic E-state index is 0. The van der Waals surface area contributed by atoms with Crippen molar-refractivity contribution in [1.29, 1.82) is 0 Å². The zero-order valence-corrected chi connectivity index (χ0v) is 17.1. The zero-order valence-electron chi connectivity index (χ0n) is 14.6. The number of amides is 1. The van der Waals surface area contributed by atoms with E-state index in [-0.39, 0.29) is 36.8 Å². The van der Waals surface area contributed by atoms with Gasteiger partial charge in [-0.05, 0) is 38.0 Å². The summed E-state index contributed by atoms with van der Waals surface area (Å²) in [7, 11) is 0. The van der Waals surface area contributed by atoms with Crippen molar-refractivity contribution in [1.82, 2.24) is 9.80 Å². The van der Waals surface area contributed by atoms with E-state index in [1.165, 1.54) is 0 Å². The maximum absolute atomic E-state index is 12.8. The summed E-state index contributed by atoms with van der Waals surface area (Å²) in [4.78, 5) is 17.1. The Balaban J connectivity index is 0.00000264. The van der Waals surface area contributed by atoms with Crippen LogP contribution >= 0.6 is 37.4 Å². The number of hydrogen-bond donors (Lipinski definition) is 2. The van der Waals surface area contributed by atoms with Gasteiger partial charge in [-0.1, -0.05) is 12.1 Å². The van der Waals surface area contributed by atoms with Gasteiger partial charge >= 0.3 is 0 Å². The molecule has 138 valence electrons. The molecule has 1 aliphatic heterocycles. The highest BCUT2D eigenvalue weighted by Gasteiger charge is 2.28. The first-order valence-corrected chi connectivity index (χ1v) is 8.53. The van der Waals surface area contributed by atoms with E-state index in [2.05, 4.69) is 24.5 Å². The number of piperazine rings is 1. The molecule has 1 aromatic rings. The number of nitrogens with two attached hydrogens (primary N) is 1. The van der Waals surface area contributed by atoms with Crippen LogP contribution in [0.15, 0.2) is 18.2 Å². The summed E-state index contributed by atoms with van der Waals surface area (Å²) >= 11 is 4.25. The van der Waals surface area contributed by atoms with Crippen molar-refractivity contribution in [2.24, 2.45) is 5.73 Å². The van der Waals surface area contributed by atoms with Crippen LogP contribution in [0.1, 0.15) is 28.4 Å². The average molecular weight is 394 g/mol. The van der Waals surface area contributed by atoms with E-state index in [1.54, 1.807) is 0 Å². The summed E-state index contributed by atoms with van der Waals surface area (Å²) in [6.07, 6.45) is 0. The Morgan fingerprint density at radius 2 is 2.00 bits per heavy atom. The van der Waals surface area contributed by atoms with E-state index >= 15 is 0 Å². The van der Waals surface area contributed by atoms with Crippen LogP contribution in [0.4, 0.5) is 0 Å². The second-order valence-corrected chi connectivity index (χ2v) is 6.65. The van der Waals surface area contributed by atoms with Crippen molar-refractivity contribution in [2.75, 3.05) is 31.9 Å². The van der Waals surface area contributed by atoms with E-state index in [1.807, 2.05) is 36.9 Å². The first kappa shape index (κ1) is 23.5. The molecule has 2 rings (SSSR count). The second-order valence-electron chi connectivity index (χ2n) is 6.29. The number of thiol groups is 1. The van der Waals surface area contributed by atoms with Gasteiger partial charge in [0.25, 0.3) is 5.91 Å². The Kier molecular flexibility index (Phi) is 10.3. The van der Waals surface area contributed by atoms with Crippen LogP contribution in [-0.4, -0.2) is 59.7 Å². The van der Waals surface area contributed by atoms with Gasteiger partial charge in [-0.15, -0.1) is 24.8 Å². The summed E-state index contributed by atoms with van der Waals surface area (Å²) in [6.45, 7) is 9.46. The van der Waals surface area contributed by atoms with Crippen molar-refractivity contribution in [3.05, 3.63) is 34.9 Å². The summed E-state index contributed by atoms with van der Waals surface area (Å²) in [6, 6.07) is 6.35. The third kappa shape index (κ3) is 5.53. The Morgan fingerprint density at radius 1 is 1.33 bits per heavy atom. The molecule has 4 nitrogen and oxygen atoms in total. The van der Waals surface area contributed by atoms with Gasteiger partial charge < -0.3 is 10.6 Å². The smallest absolute Gasteiger partial charge is 0.254 e. The first-order valence-electron chi connectivity index (χ1n) is 7.90. The van der Waals surface area contributed by atoms with Crippen molar-refractivity contribution in [2.45, 2.75) is 32.9 Å². The largest absolute Gasteiger partial charge is 0.336 e. The molecule has 0 aliphatic carbocycles. The third-order valence-corrected chi connectivity index (χ3v) is 5.06. The highest BCUT2D eigenvalue weighted by atomic mass is 35.5. The highest BCUT2D eigenvalue weighted by Crippen LogP contribution is 2.18. The number of hydrogen-bond acceptors (Lipinski definition) is 4. The number of carbonyl (C=O) groups excluding carboxylic acids is 1. The quantitative estimate of drug-likeness (QED) is 0.772. The molecule has 1 unspecified atom stereocenters. The van der Waals surface area contributed by atoms with E-state index in [9.17, 15) is 4.79 Å². The number of rotatable bonds is 4. The fraction of sp³-hybridized carbons (Fsp3) is 0.588. The molecule has 0 bridgehead atoms. The standard InChI is InChI=1S/C17H27N3OS.2ClH/c1-12-5-4-6-16(14(12)3)17(21)20-8-7-19(13(2)9-20)10-15(18)11-22;;/h4-6,13,15,22H,7-11,18H2,1-3H3;2*1H/t13?,15-;;/m1../s1. The van der Waals surface area contributed by atoms with Crippen molar-refractivity contribution >= 4 is 43.4 Å². The van der Waals surface area contributed by atoms with Gasteiger partial charge in [-0.3, -0.25) is 9.69 Å². The third-order valence-electron chi connectivity index (χ3n) is 4.59. The fourth-order valence-corrected chi connectivity index (χ4v) is 3.08. The van der Waals surface area contributed by atoms with Crippen LogP contribution in [0.3, 0.4) is 0 Å². The molecule has 1 heterocycles. The molecule has 0 radical (unpaired) electrons. The lowest BCUT2D eigenvalue weighted by Crippen LogP contribution is -2.56. The minimum Gasteiger partial charge on any atom is -0.336 e. The maximum Gasteiger partial charge on any atom is 0.254 e. The number of benzene rings is 1. The molecule has 24 heavy (non-hydrogen) atoms. The molecular formula is C17H29Cl2N3OS. The number of aryl methyl sites for hydroxylation is 1. The van der Waals surface area contributed by atoms with Gasteiger partial charge in [-0.25, -0.2) is 0 Å². The highest BCUT2D eigenvalue weighted by molar-refractivity contribution is 7.80. The SMILES string of the molecule is Cc1cccc(C(=O)N2CCN(C[C@@H](N)CS)C(C)C2)c1C.Cl.Cl. The van der Waals surface area contributed by atoms with Crippen molar-refractivity contribution in [3.8, 4) is 0 Å². The van der Waals surface area contributed by atoms with Gasteiger partial charge in [0.2, 0.25) is 0 Å². The monoisotopic (exact) mass is 393 g/mol. The molecule has 0 spiro atoms. The van der Waals surface area contributed by atoms with E-state index in [0.29, 0.717) is 11.8 Å². The van der Waals surface area contributed by atoms with Gasteiger partial charge in [0, 0.05) is 49.6 Å². The zero-order chi connectivity index (χ0) is 16.3. The Morgan fingerprint density at radius 3 is 2.58 bits per heavy atom. The van der Waals surface area contributed by atoms with Gasteiger partial charge in [0.05, 0.1) is 0 Å². The van der Waals surface area contributed by atoms with Crippen LogP contribution in [0.5, 0.6) is 0 Å². The van der Waals surface area contributed by atoms with Crippen molar-refractivity contribution in [3.63, 3.8) is 0 Å². The molecule has 0 saturated carbocycles. The number of carbonyl (C=O) groups is 1. The number of nitrogens with zero attached hydrogens (tertiary/aromatic N) is 2. The lowest BCUT2D eigenvalue weighted by Gasteiger charge is -2.41. The van der Waals surface area contributed by atoms with E-state index in [4.69, 9.17) is 5.73 Å². The molecule has 1 fully saturated rings. The molecule has 0 aromatic heterocycles. The van der Waals surface area contributed by atoms with E-state index in [0.717, 1.165) is 42.9 Å². The Hall–Kier alpha value is -0.460. The molecule has 1 aliphatic rings. The Labute approximate surface area is 163 Å². The van der Waals surface area contributed by atoms with Gasteiger partial charge in [-0.2, -0.15) is 12.6 Å². The molecule has 1 aromatic carbocycles. The summed E-state index contributed by atoms with van der Waals surface area (Å²) in [5, 5.41) is 0. The summed E-state index contributed by atoms with van der Waals surface area (Å²) in [5.74, 6) is 0.833. The van der Waals surface area contributed by atoms with Crippen LogP contribution in [0.25, 0.3) is 0 Å². The molecular weight excluding hydrogens is 365 g/mol. The van der Waals surface area contributed by atoms with Gasteiger partial charge in [0.1, 0.15) is 0 Å². The van der Waals surface area contributed by atoms with Crippen molar-refractivity contribution < 1.29 is 4.79 Å². The number of halogens is 2. The molecule has 7 heteroatoms. The minimum atomic E-state index is 0. The lowest BCUT2D eigenvalue weighted by molar-refractivity contribution is 0.0505. The molecule has 2 N–H and O–H groups in total. The normalized spacial score (nSPS) is 19.2. The van der Waals surface area contributed by atoms with Crippen LogP contribution in [0, 0.1) is 13.8 Å². The predicted molar refractivity (Wildman–Crippen MR) is 109 cm³/mol. The predicted octanol–water partition coefficient (Wildman–Crippen LogP) is 2.55. The van der Waals surface area contributed by atoms with Gasteiger partial charge in [0.15, 0.2) is 0 Å². The first-order chi connectivity index (χ1) is 10.4. The summed E-state index contributed by atoms with van der Waals surface area (Å²) < 4.78 is 0. The lowest BCUT2D eigenvalue weighted by atomic mass is 10.0. The molecule has 2 atom stereocenters. The van der Waals surface area contributed by atoms with Crippen LogP contribution < -0.4 is 5.73 Å². The topological polar surface area (TPSA) is 49.6 Å². The summed E-state index contributed by atoms with van der Waals surface area (Å²) in [5.41, 5.74) is 9.06. The Bertz CT molecular complexity index is 545. The molecule has 1 saturated heterocycles. The van der Waals surface area contributed by atoms with E-state index < -0.39 is 0 Å². The van der Waals surface area contributed by atoms with Crippen LogP contribution in [0.2, 0.25) is 0 Å². The molecule has 1 amide bonds. The average Bonchev–Trinajstić information content (AvgIpc) is 2.51. The van der Waals surface area contributed by atoms with Crippen LogP contribution in [-0.2, 0) is 0 Å². The second kappa shape index (κ2) is 10.5. The fourth-order valence-electron chi connectivity index (χ4n) is 2.96. The maximum atomic E-state index is 12.8.